The van der Waals surface area contributed by atoms with Gasteiger partial charge in [-0.2, -0.15) is 0 Å². The van der Waals surface area contributed by atoms with Gasteiger partial charge in [0.2, 0.25) is 0 Å². The molecular weight excluding hydrogens is 264 g/mol. The number of esters is 1. The van der Waals surface area contributed by atoms with Crippen molar-refractivity contribution >= 4 is 17.3 Å². The molecule has 0 aliphatic carbocycles. The van der Waals surface area contributed by atoms with Crippen LogP contribution in [0.1, 0.15) is 23.2 Å². The zero-order valence-electron chi connectivity index (χ0n) is 11.1. The van der Waals surface area contributed by atoms with E-state index in [4.69, 9.17) is 4.74 Å². The van der Waals surface area contributed by atoms with Crippen LogP contribution < -0.4 is 5.32 Å². The van der Waals surface area contributed by atoms with Crippen LogP contribution in [-0.2, 0) is 9.47 Å². The molecule has 7 nitrogen and oxygen atoms in total. The number of rotatable bonds is 5. The maximum absolute atomic E-state index is 11.4. The molecule has 0 saturated carbocycles. The lowest BCUT2D eigenvalue weighted by atomic mass is 10.1. The van der Waals surface area contributed by atoms with Gasteiger partial charge in [0, 0.05) is 19.2 Å². The van der Waals surface area contributed by atoms with Crippen LogP contribution in [0.2, 0.25) is 0 Å². The Balaban J connectivity index is 2.14. The molecule has 0 amide bonds. The largest absolute Gasteiger partial charge is 0.465 e. The maximum atomic E-state index is 11.4. The number of anilines is 1. The Bertz CT molecular complexity index is 511. The standard InChI is InChI=1S/C13H16N2O5/c1-19-13(16)9-4-5-11(12(7-9)15(17)18)14-8-10-3-2-6-20-10/h4-5,7,10,14H,2-3,6,8H2,1H3/t10-/m0/s1. The van der Waals surface area contributed by atoms with Crippen LogP contribution in [0, 0.1) is 10.1 Å². The Morgan fingerprint density at radius 3 is 3.00 bits per heavy atom. The second kappa shape index (κ2) is 6.33. The number of ether oxygens (including phenoxy) is 2. The molecule has 0 unspecified atom stereocenters. The van der Waals surface area contributed by atoms with E-state index < -0.39 is 10.9 Å². The van der Waals surface area contributed by atoms with E-state index in [1.165, 1.54) is 25.3 Å². The lowest BCUT2D eigenvalue weighted by molar-refractivity contribution is -0.384. The second-order valence-corrected chi connectivity index (χ2v) is 4.50. The molecule has 0 aromatic heterocycles. The molecule has 1 aliphatic heterocycles. The maximum Gasteiger partial charge on any atom is 0.338 e. The molecule has 1 heterocycles. The van der Waals surface area contributed by atoms with Crippen LogP contribution in [0.5, 0.6) is 0 Å². The van der Waals surface area contributed by atoms with Gasteiger partial charge in [-0.15, -0.1) is 0 Å². The van der Waals surface area contributed by atoms with Crippen LogP contribution in [0.15, 0.2) is 18.2 Å². The van der Waals surface area contributed by atoms with Crippen LogP contribution in [0.4, 0.5) is 11.4 Å². The molecule has 0 bridgehead atoms. The van der Waals surface area contributed by atoms with Gasteiger partial charge in [0.05, 0.1) is 23.7 Å². The van der Waals surface area contributed by atoms with Crippen molar-refractivity contribution in [1.29, 1.82) is 0 Å². The van der Waals surface area contributed by atoms with Crippen LogP contribution >= 0.6 is 0 Å². The molecule has 1 fully saturated rings. The summed E-state index contributed by atoms with van der Waals surface area (Å²) in [6, 6.07) is 4.22. The highest BCUT2D eigenvalue weighted by molar-refractivity contribution is 5.91. The Kier molecular flexibility index (Phi) is 4.52. The van der Waals surface area contributed by atoms with E-state index >= 15 is 0 Å². The van der Waals surface area contributed by atoms with Gasteiger partial charge >= 0.3 is 5.97 Å². The lowest BCUT2D eigenvalue weighted by Crippen LogP contribution is -2.19. The molecule has 7 heteroatoms. The fourth-order valence-corrected chi connectivity index (χ4v) is 2.11. The van der Waals surface area contributed by atoms with Crippen LogP contribution in [0.25, 0.3) is 0 Å². The molecule has 2 rings (SSSR count). The molecule has 1 atom stereocenters. The van der Waals surface area contributed by atoms with Crippen molar-refractivity contribution in [2.45, 2.75) is 18.9 Å². The molecule has 0 spiro atoms. The zero-order valence-corrected chi connectivity index (χ0v) is 11.1. The average Bonchev–Trinajstić information content (AvgIpc) is 2.97. The summed E-state index contributed by atoms with van der Waals surface area (Å²) in [5.41, 5.74) is 0.380. The molecule has 1 saturated heterocycles. The van der Waals surface area contributed by atoms with Crippen molar-refractivity contribution in [2.75, 3.05) is 25.6 Å². The molecule has 0 radical (unpaired) electrons. The van der Waals surface area contributed by atoms with E-state index in [1.54, 1.807) is 0 Å². The average molecular weight is 280 g/mol. The number of carbonyl (C=O) groups excluding carboxylic acids is 1. The number of nitrogens with one attached hydrogen (secondary N) is 1. The summed E-state index contributed by atoms with van der Waals surface area (Å²) in [5.74, 6) is -0.598. The van der Waals surface area contributed by atoms with Gasteiger partial charge in [0.15, 0.2) is 0 Å². The topological polar surface area (TPSA) is 90.7 Å². The summed E-state index contributed by atoms with van der Waals surface area (Å²) in [7, 11) is 1.23. The normalized spacial score (nSPS) is 17.8. The highest BCUT2D eigenvalue weighted by Crippen LogP contribution is 2.26. The fraction of sp³-hybridized carbons (Fsp3) is 0.462. The molecule has 1 N–H and O–H groups in total. The minimum absolute atomic E-state index is 0.0786. The number of nitro groups is 1. The third-order valence-electron chi connectivity index (χ3n) is 3.16. The van der Waals surface area contributed by atoms with Crippen molar-refractivity contribution in [3.05, 3.63) is 33.9 Å². The van der Waals surface area contributed by atoms with E-state index in [2.05, 4.69) is 10.1 Å². The van der Waals surface area contributed by atoms with Gasteiger partial charge in [-0.05, 0) is 25.0 Å². The van der Waals surface area contributed by atoms with Crippen molar-refractivity contribution < 1.29 is 19.2 Å². The predicted octanol–water partition coefficient (Wildman–Crippen LogP) is 1.97. The zero-order chi connectivity index (χ0) is 14.5. The number of nitrogens with zero attached hydrogens (tertiary/aromatic N) is 1. The van der Waals surface area contributed by atoms with Gasteiger partial charge in [0.1, 0.15) is 5.69 Å². The molecule has 1 aromatic carbocycles. The third-order valence-corrected chi connectivity index (χ3v) is 3.16. The predicted molar refractivity (Wildman–Crippen MR) is 71.9 cm³/mol. The number of carbonyl (C=O) groups is 1. The van der Waals surface area contributed by atoms with E-state index in [9.17, 15) is 14.9 Å². The Morgan fingerprint density at radius 1 is 1.60 bits per heavy atom. The Hall–Kier alpha value is -2.15. The molecular formula is C13H16N2O5. The van der Waals surface area contributed by atoms with E-state index in [1.807, 2.05) is 0 Å². The van der Waals surface area contributed by atoms with Crippen molar-refractivity contribution in [1.82, 2.24) is 0 Å². The van der Waals surface area contributed by atoms with Crippen molar-refractivity contribution in [2.24, 2.45) is 0 Å². The number of benzene rings is 1. The minimum atomic E-state index is -0.598. The Morgan fingerprint density at radius 2 is 2.40 bits per heavy atom. The van der Waals surface area contributed by atoms with Crippen molar-refractivity contribution in [3.63, 3.8) is 0 Å². The number of hydrogen-bond donors (Lipinski definition) is 1. The summed E-state index contributed by atoms with van der Waals surface area (Å²) in [5, 5.41) is 14.1. The van der Waals surface area contributed by atoms with Crippen LogP contribution in [0.3, 0.4) is 0 Å². The van der Waals surface area contributed by atoms with E-state index in [-0.39, 0.29) is 17.4 Å². The molecule has 20 heavy (non-hydrogen) atoms. The second-order valence-electron chi connectivity index (χ2n) is 4.50. The molecule has 1 aliphatic rings. The van der Waals surface area contributed by atoms with Gasteiger partial charge in [0.25, 0.3) is 5.69 Å². The first-order chi connectivity index (χ1) is 9.61. The molecule has 1 aromatic rings. The summed E-state index contributed by atoms with van der Waals surface area (Å²) < 4.78 is 10.00. The fourth-order valence-electron chi connectivity index (χ4n) is 2.11. The Labute approximate surface area is 116 Å². The van der Waals surface area contributed by atoms with Gasteiger partial charge < -0.3 is 14.8 Å². The van der Waals surface area contributed by atoms with Gasteiger partial charge in [-0.3, -0.25) is 10.1 Å². The lowest BCUT2D eigenvalue weighted by Gasteiger charge is -2.12. The minimum Gasteiger partial charge on any atom is -0.465 e. The van der Waals surface area contributed by atoms with Crippen LogP contribution in [-0.4, -0.2) is 37.3 Å². The highest BCUT2D eigenvalue weighted by atomic mass is 16.6. The monoisotopic (exact) mass is 280 g/mol. The first-order valence-electron chi connectivity index (χ1n) is 6.34. The number of hydrogen-bond acceptors (Lipinski definition) is 6. The summed E-state index contributed by atoms with van der Waals surface area (Å²) in [6.45, 7) is 1.24. The highest BCUT2D eigenvalue weighted by Gasteiger charge is 2.20. The number of nitro benzene ring substituents is 1. The summed E-state index contributed by atoms with van der Waals surface area (Å²) in [4.78, 5) is 21.9. The molecule has 108 valence electrons. The first kappa shape index (κ1) is 14.3. The SMILES string of the molecule is COC(=O)c1ccc(NC[C@@H]2CCCO2)c([N+](=O)[O-])c1. The number of methoxy groups -OCH3 is 1. The van der Waals surface area contributed by atoms with E-state index in [0.717, 1.165) is 19.4 Å². The van der Waals surface area contributed by atoms with Crippen molar-refractivity contribution in [3.8, 4) is 0 Å². The van der Waals surface area contributed by atoms with Gasteiger partial charge in [-0.25, -0.2) is 4.79 Å². The first-order valence-corrected chi connectivity index (χ1v) is 6.34. The smallest absolute Gasteiger partial charge is 0.338 e. The summed E-state index contributed by atoms with van der Waals surface area (Å²) >= 11 is 0. The van der Waals surface area contributed by atoms with E-state index in [0.29, 0.717) is 12.2 Å². The quantitative estimate of drug-likeness (QED) is 0.504. The van der Waals surface area contributed by atoms with Gasteiger partial charge in [-0.1, -0.05) is 0 Å². The third kappa shape index (κ3) is 3.24. The summed E-state index contributed by atoms with van der Waals surface area (Å²) in [6.07, 6.45) is 2.03.